The van der Waals surface area contributed by atoms with E-state index < -0.39 is 24.1 Å². The van der Waals surface area contributed by atoms with Gasteiger partial charge >= 0.3 is 5.97 Å². The van der Waals surface area contributed by atoms with E-state index in [9.17, 15) is 29.3 Å². The Balaban J connectivity index is 1.77. The van der Waals surface area contributed by atoms with Crippen LogP contribution in [0.25, 0.3) is 0 Å². The zero-order valence-electron chi connectivity index (χ0n) is 18.2. The Morgan fingerprint density at radius 2 is 1.87 bits per heavy atom. The number of hydrogen-bond acceptors (Lipinski definition) is 5. The lowest BCUT2D eigenvalue weighted by Gasteiger charge is -2.22. The normalized spacial score (nSPS) is 23.1. The standard InChI is InChI=1S/C24H35FO5S/c1-2-3-7-18(26)15-31-23-20(21(27)14-22(23)28)9-6-4-5-8-19(24(29)30)16-10-12-17(25)13-11-16/h10-13,18-20,22-23,26,28H,2-9,14-15H2,1H3,(H,29,30)/t18?,19?,20-,22?,23+/m0/s1. The fourth-order valence-corrected chi connectivity index (χ4v) is 5.69. The van der Waals surface area contributed by atoms with E-state index in [1.165, 1.54) is 36.0 Å². The smallest absolute Gasteiger partial charge is 0.310 e. The van der Waals surface area contributed by atoms with E-state index in [1.54, 1.807) is 0 Å². The molecule has 0 spiro atoms. The molecule has 0 aromatic heterocycles. The Kier molecular flexibility index (Phi) is 11.0. The van der Waals surface area contributed by atoms with Crippen LogP contribution in [0.5, 0.6) is 0 Å². The van der Waals surface area contributed by atoms with Gasteiger partial charge in [0.25, 0.3) is 0 Å². The Hall–Kier alpha value is -1.44. The number of aliphatic carboxylic acids is 1. The molecule has 31 heavy (non-hydrogen) atoms. The highest BCUT2D eigenvalue weighted by Gasteiger charge is 2.41. The van der Waals surface area contributed by atoms with Gasteiger partial charge in [-0.2, -0.15) is 11.8 Å². The molecule has 5 nitrogen and oxygen atoms in total. The molecule has 1 aliphatic rings. The molecule has 0 amide bonds. The van der Waals surface area contributed by atoms with Crippen molar-refractivity contribution in [3.05, 3.63) is 35.6 Å². The van der Waals surface area contributed by atoms with Crippen molar-refractivity contribution in [2.75, 3.05) is 5.75 Å². The number of unbranched alkanes of at least 4 members (excludes halogenated alkanes) is 3. The van der Waals surface area contributed by atoms with Gasteiger partial charge in [-0.1, -0.05) is 51.2 Å². The summed E-state index contributed by atoms with van der Waals surface area (Å²) in [4.78, 5) is 23.9. The largest absolute Gasteiger partial charge is 0.481 e. The van der Waals surface area contributed by atoms with Crippen LogP contribution in [0.2, 0.25) is 0 Å². The van der Waals surface area contributed by atoms with Crippen molar-refractivity contribution >= 4 is 23.5 Å². The first-order valence-corrected chi connectivity index (χ1v) is 12.4. The number of ketones is 1. The van der Waals surface area contributed by atoms with Gasteiger partial charge in [0.05, 0.1) is 18.1 Å². The molecule has 3 N–H and O–H groups in total. The van der Waals surface area contributed by atoms with Crippen molar-refractivity contribution in [1.82, 2.24) is 0 Å². The average molecular weight is 455 g/mol. The molecule has 1 aliphatic carbocycles. The predicted octanol–water partition coefficient (Wildman–Crippen LogP) is 4.55. The second kappa shape index (κ2) is 13.2. The summed E-state index contributed by atoms with van der Waals surface area (Å²) in [6.45, 7) is 2.08. The van der Waals surface area contributed by atoms with Gasteiger partial charge in [-0.3, -0.25) is 9.59 Å². The lowest BCUT2D eigenvalue weighted by molar-refractivity contribution is -0.139. The number of rotatable bonds is 14. The molecule has 3 unspecified atom stereocenters. The van der Waals surface area contributed by atoms with E-state index in [0.717, 1.165) is 32.1 Å². The zero-order chi connectivity index (χ0) is 22.8. The lowest BCUT2D eigenvalue weighted by atomic mass is 9.92. The van der Waals surface area contributed by atoms with Gasteiger partial charge in [-0.05, 0) is 37.0 Å². The summed E-state index contributed by atoms with van der Waals surface area (Å²) in [7, 11) is 0. The maximum absolute atomic E-state index is 13.1. The third-order valence-corrected chi connectivity index (χ3v) is 7.65. The minimum Gasteiger partial charge on any atom is -0.481 e. The van der Waals surface area contributed by atoms with Gasteiger partial charge in [-0.25, -0.2) is 4.39 Å². The highest BCUT2D eigenvalue weighted by Crippen LogP contribution is 2.37. The molecule has 1 saturated carbocycles. The van der Waals surface area contributed by atoms with E-state index >= 15 is 0 Å². The van der Waals surface area contributed by atoms with Crippen LogP contribution in [0, 0.1) is 11.7 Å². The minimum absolute atomic E-state index is 0.0859. The van der Waals surface area contributed by atoms with Crippen LogP contribution >= 0.6 is 11.8 Å². The van der Waals surface area contributed by atoms with Gasteiger partial charge in [0.15, 0.2) is 0 Å². The second-order valence-corrected chi connectivity index (χ2v) is 9.73. The van der Waals surface area contributed by atoms with E-state index in [1.807, 2.05) is 0 Å². The molecule has 0 aliphatic heterocycles. The molecule has 1 aromatic carbocycles. The third kappa shape index (κ3) is 8.20. The fraction of sp³-hybridized carbons (Fsp3) is 0.667. The van der Waals surface area contributed by atoms with Crippen LogP contribution in [-0.2, 0) is 9.59 Å². The van der Waals surface area contributed by atoms with Crippen LogP contribution in [-0.4, -0.2) is 50.3 Å². The monoisotopic (exact) mass is 454 g/mol. The van der Waals surface area contributed by atoms with Crippen molar-refractivity contribution in [3.63, 3.8) is 0 Å². The van der Waals surface area contributed by atoms with Crippen molar-refractivity contribution in [2.24, 2.45) is 5.92 Å². The summed E-state index contributed by atoms with van der Waals surface area (Å²) in [5.74, 6) is -1.55. The van der Waals surface area contributed by atoms with Crippen LogP contribution in [0.3, 0.4) is 0 Å². The van der Waals surface area contributed by atoms with Crippen molar-refractivity contribution in [1.29, 1.82) is 0 Å². The average Bonchev–Trinajstić information content (AvgIpc) is 3.00. The quantitative estimate of drug-likeness (QED) is 0.357. The van der Waals surface area contributed by atoms with E-state index in [2.05, 4.69) is 6.92 Å². The fourth-order valence-electron chi connectivity index (χ4n) is 4.24. The Bertz CT molecular complexity index is 696. The number of Topliss-reactive ketones (excluding diaryl/α,β-unsaturated/α-hetero) is 1. The number of aliphatic hydroxyl groups excluding tert-OH is 2. The number of hydrogen-bond donors (Lipinski definition) is 3. The molecule has 0 radical (unpaired) electrons. The zero-order valence-corrected chi connectivity index (χ0v) is 19.0. The minimum atomic E-state index is -0.918. The molecular weight excluding hydrogens is 419 g/mol. The first-order chi connectivity index (χ1) is 14.8. The molecule has 1 aromatic rings. The first kappa shape index (κ1) is 25.8. The van der Waals surface area contributed by atoms with Crippen molar-refractivity contribution in [3.8, 4) is 0 Å². The van der Waals surface area contributed by atoms with Crippen molar-refractivity contribution < 1.29 is 29.3 Å². The molecule has 7 heteroatoms. The number of carboxylic acid groups (broad SMARTS) is 1. The highest BCUT2D eigenvalue weighted by molar-refractivity contribution is 8.00. The Morgan fingerprint density at radius 3 is 2.52 bits per heavy atom. The molecule has 0 heterocycles. The molecule has 2 rings (SSSR count). The van der Waals surface area contributed by atoms with E-state index in [0.29, 0.717) is 30.6 Å². The predicted molar refractivity (Wildman–Crippen MR) is 121 cm³/mol. The number of carboxylic acids is 1. The van der Waals surface area contributed by atoms with Gasteiger partial charge in [0.1, 0.15) is 11.6 Å². The van der Waals surface area contributed by atoms with Gasteiger partial charge in [0, 0.05) is 23.3 Å². The van der Waals surface area contributed by atoms with E-state index in [-0.39, 0.29) is 29.2 Å². The van der Waals surface area contributed by atoms with Crippen LogP contribution < -0.4 is 0 Å². The molecule has 0 saturated heterocycles. The summed E-state index contributed by atoms with van der Waals surface area (Å²) in [6, 6.07) is 5.59. The molecule has 0 bridgehead atoms. The molecule has 5 atom stereocenters. The van der Waals surface area contributed by atoms with Gasteiger partial charge in [-0.15, -0.1) is 0 Å². The van der Waals surface area contributed by atoms with Crippen molar-refractivity contribution in [2.45, 2.75) is 88.1 Å². The number of carbonyl (C=O) groups excluding carboxylic acids is 1. The van der Waals surface area contributed by atoms with E-state index in [4.69, 9.17) is 0 Å². The highest BCUT2D eigenvalue weighted by atomic mass is 32.2. The lowest BCUT2D eigenvalue weighted by Crippen LogP contribution is -2.26. The number of carbonyl (C=O) groups is 2. The van der Waals surface area contributed by atoms with Gasteiger partial charge in [0.2, 0.25) is 0 Å². The summed E-state index contributed by atoms with van der Waals surface area (Å²) >= 11 is 1.50. The first-order valence-electron chi connectivity index (χ1n) is 11.3. The Labute approximate surface area is 188 Å². The number of halogens is 1. The SMILES string of the molecule is CCCCC(O)CS[C@H]1C(O)CC(=O)[C@@H]1CCCCCC(C(=O)O)c1ccc(F)cc1. The van der Waals surface area contributed by atoms with Crippen LogP contribution in [0.4, 0.5) is 4.39 Å². The molecular formula is C24H35FO5S. The number of aliphatic hydroxyl groups is 2. The number of benzene rings is 1. The molecule has 1 fully saturated rings. The summed E-state index contributed by atoms with van der Waals surface area (Å²) < 4.78 is 13.1. The third-order valence-electron chi connectivity index (χ3n) is 6.05. The maximum atomic E-state index is 13.1. The topological polar surface area (TPSA) is 94.8 Å². The summed E-state index contributed by atoms with van der Waals surface area (Å²) in [6.07, 6.45) is 5.26. The summed E-state index contributed by atoms with van der Waals surface area (Å²) in [5, 5.41) is 29.7. The molecule has 174 valence electrons. The number of thioether (sulfide) groups is 1. The van der Waals surface area contributed by atoms with Gasteiger partial charge < -0.3 is 15.3 Å². The van der Waals surface area contributed by atoms with Crippen LogP contribution in [0.15, 0.2) is 24.3 Å². The summed E-state index contributed by atoms with van der Waals surface area (Å²) in [5.41, 5.74) is 0.598. The Morgan fingerprint density at radius 1 is 1.16 bits per heavy atom. The maximum Gasteiger partial charge on any atom is 0.310 e. The second-order valence-electron chi connectivity index (χ2n) is 8.52. The van der Waals surface area contributed by atoms with Crippen LogP contribution in [0.1, 0.15) is 76.2 Å².